The molecule has 5 heteroatoms. The SMILES string of the molecule is Cc1cc2ccc3c(oc4ncnc(-c5cc(C(C)(C)C)c6sccc6c5)c43)c2s1. The van der Waals surface area contributed by atoms with Crippen LogP contribution in [0.3, 0.4) is 0 Å². The third-order valence-electron chi connectivity index (χ3n) is 5.68. The molecule has 0 amide bonds. The highest BCUT2D eigenvalue weighted by Crippen LogP contribution is 2.42. The van der Waals surface area contributed by atoms with E-state index in [0.717, 1.165) is 27.6 Å². The molecule has 148 valence electrons. The summed E-state index contributed by atoms with van der Waals surface area (Å²) in [6, 6.07) is 13.3. The zero-order chi connectivity index (χ0) is 20.6. The summed E-state index contributed by atoms with van der Waals surface area (Å²) in [5, 5.41) is 6.72. The van der Waals surface area contributed by atoms with Crippen LogP contribution in [0.4, 0.5) is 0 Å². The Bertz CT molecular complexity index is 1590. The number of hydrogen-bond donors (Lipinski definition) is 0. The van der Waals surface area contributed by atoms with Crippen LogP contribution < -0.4 is 0 Å². The molecule has 30 heavy (non-hydrogen) atoms. The topological polar surface area (TPSA) is 38.9 Å². The Morgan fingerprint density at radius 3 is 2.60 bits per heavy atom. The minimum atomic E-state index is 0.0460. The maximum atomic E-state index is 6.27. The summed E-state index contributed by atoms with van der Waals surface area (Å²) in [7, 11) is 0. The molecular weight excluding hydrogens is 408 g/mol. The molecule has 0 radical (unpaired) electrons. The molecule has 0 aliphatic carbocycles. The van der Waals surface area contributed by atoms with Crippen molar-refractivity contribution in [1.82, 2.24) is 9.97 Å². The molecule has 0 N–H and O–H groups in total. The number of hydrogen-bond acceptors (Lipinski definition) is 5. The highest BCUT2D eigenvalue weighted by Gasteiger charge is 2.22. The summed E-state index contributed by atoms with van der Waals surface area (Å²) in [6.07, 6.45) is 1.62. The van der Waals surface area contributed by atoms with Crippen molar-refractivity contribution in [2.75, 3.05) is 0 Å². The fraction of sp³-hybridized carbons (Fsp3) is 0.200. The predicted molar refractivity (Wildman–Crippen MR) is 129 cm³/mol. The van der Waals surface area contributed by atoms with Crippen LogP contribution in [0.25, 0.3) is 53.5 Å². The van der Waals surface area contributed by atoms with Crippen molar-refractivity contribution in [3.8, 4) is 11.3 Å². The fourth-order valence-electron chi connectivity index (χ4n) is 4.29. The van der Waals surface area contributed by atoms with Crippen LogP contribution in [-0.4, -0.2) is 9.97 Å². The van der Waals surface area contributed by atoms with E-state index < -0.39 is 0 Å². The van der Waals surface area contributed by atoms with Crippen molar-refractivity contribution >= 4 is 64.9 Å². The van der Waals surface area contributed by atoms with E-state index in [9.17, 15) is 0 Å². The van der Waals surface area contributed by atoms with Crippen LogP contribution in [0.2, 0.25) is 0 Å². The second kappa shape index (κ2) is 6.13. The first-order chi connectivity index (χ1) is 14.4. The Balaban J connectivity index is 1.72. The average Bonchev–Trinajstić information content (AvgIpc) is 3.40. The van der Waals surface area contributed by atoms with Gasteiger partial charge in [-0.25, -0.2) is 9.97 Å². The molecule has 4 aromatic heterocycles. The van der Waals surface area contributed by atoms with Crippen LogP contribution >= 0.6 is 22.7 Å². The van der Waals surface area contributed by atoms with Gasteiger partial charge in [0.15, 0.2) is 5.58 Å². The van der Waals surface area contributed by atoms with E-state index >= 15 is 0 Å². The number of furan rings is 1. The van der Waals surface area contributed by atoms with Gasteiger partial charge >= 0.3 is 0 Å². The Labute approximate surface area is 182 Å². The maximum Gasteiger partial charge on any atom is 0.231 e. The van der Waals surface area contributed by atoms with Gasteiger partial charge in [0.1, 0.15) is 6.33 Å². The van der Waals surface area contributed by atoms with E-state index in [1.54, 1.807) is 29.0 Å². The number of nitrogens with zero attached hydrogens (tertiary/aromatic N) is 2. The first kappa shape index (κ1) is 18.0. The van der Waals surface area contributed by atoms with Gasteiger partial charge in [0.05, 0.1) is 15.8 Å². The van der Waals surface area contributed by atoms with Gasteiger partial charge in [0, 0.05) is 20.5 Å². The molecule has 0 saturated heterocycles. The number of benzene rings is 2. The molecule has 4 heterocycles. The Kier molecular flexibility index (Phi) is 3.68. The summed E-state index contributed by atoms with van der Waals surface area (Å²) < 4.78 is 8.80. The number of aromatic nitrogens is 2. The van der Waals surface area contributed by atoms with Gasteiger partial charge in [0.25, 0.3) is 0 Å². The molecule has 0 aliphatic heterocycles. The summed E-state index contributed by atoms with van der Waals surface area (Å²) in [5.74, 6) is 0. The minimum absolute atomic E-state index is 0.0460. The van der Waals surface area contributed by atoms with Crippen molar-refractivity contribution in [2.24, 2.45) is 0 Å². The first-order valence-electron chi connectivity index (χ1n) is 9.98. The molecule has 0 aliphatic rings. The van der Waals surface area contributed by atoms with Crippen molar-refractivity contribution in [1.29, 1.82) is 0 Å². The van der Waals surface area contributed by atoms with Crippen LogP contribution in [-0.2, 0) is 5.41 Å². The summed E-state index contributed by atoms with van der Waals surface area (Å²) in [4.78, 5) is 10.5. The second-order valence-electron chi connectivity index (χ2n) is 8.83. The van der Waals surface area contributed by atoms with Gasteiger partial charge in [-0.15, -0.1) is 22.7 Å². The lowest BCUT2D eigenvalue weighted by Crippen LogP contribution is -2.11. The number of fused-ring (bicyclic) bond motifs is 6. The Morgan fingerprint density at radius 2 is 1.77 bits per heavy atom. The summed E-state index contributed by atoms with van der Waals surface area (Å²) >= 11 is 3.57. The largest absolute Gasteiger partial charge is 0.436 e. The van der Waals surface area contributed by atoms with Gasteiger partial charge in [-0.05, 0) is 64.4 Å². The van der Waals surface area contributed by atoms with Gasteiger partial charge < -0.3 is 4.42 Å². The Morgan fingerprint density at radius 1 is 0.933 bits per heavy atom. The molecule has 0 bridgehead atoms. The number of aryl methyl sites for hydroxylation is 1. The monoisotopic (exact) mass is 428 g/mol. The summed E-state index contributed by atoms with van der Waals surface area (Å²) in [5.41, 5.74) is 5.00. The van der Waals surface area contributed by atoms with E-state index in [4.69, 9.17) is 9.40 Å². The maximum absolute atomic E-state index is 6.27. The molecular formula is C25H20N2OS2. The highest BCUT2D eigenvalue weighted by molar-refractivity contribution is 7.20. The highest BCUT2D eigenvalue weighted by atomic mass is 32.1. The van der Waals surface area contributed by atoms with Gasteiger partial charge in [-0.1, -0.05) is 26.8 Å². The van der Waals surface area contributed by atoms with E-state index in [0.29, 0.717) is 5.71 Å². The molecule has 0 fully saturated rings. The van der Waals surface area contributed by atoms with Gasteiger partial charge in [-0.2, -0.15) is 0 Å². The normalized spacial score (nSPS) is 12.7. The molecule has 6 rings (SSSR count). The van der Waals surface area contributed by atoms with Crippen LogP contribution in [0.1, 0.15) is 31.2 Å². The lowest BCUT2D eigenvalue weighted by molar-refractivity contribution is 0.597. The fourth-order valence-corrected chi connectivity index (χ4v) is 6.39. The minimum Gasteiger partial charge on any atom is -0.436 e. The van der Waals surface area contributed by atoms with Crippen LogP contribution in [0.5, 0.6) is 0 Å². The van der Waals surface area contributed by atoms with E-state index in [2.05, 4.69) is 74.5 Å². The van der Waals surface area contributed by atoms with Crippen molar-refractivity contribution in [3.63, 3.8) is 0 Å². The standard InChI is InChI=1S/C25H20N2OS2/c1-13-9-14-5-6-17-19-20(26-12-27-24(19)28-21(17)23(14)30-13)16-10-15-7-8-29-22(15)18(11-16)25(2,3)4/h5-12H,1-4H3. The third kappa shape index (κ3) is 2.55. The first-order valence-corrected chi connectivity index (χ1v) is 11.7. The zero-order valence-corrected chi connectivity index (χ0v) is 18.9. The van der Waals surface area contributed by atoms with Gasteiger partial charge in [-0.3, -0.25) is 0 Å². The van der Waals surface area contributed by atoms with Crippen LogP contribution in [0, 0.1) is 6.92 Å². The molecule has 0 atom stereocenters. The molecule has 6 aromatic rings. The molecule has 0 unspecified atom stereocenters. The lowest BCUT2D eigenvalue weighted by Gasteiger charge is -2.21. The average molecular weight is 429 g/mol. The number of rotatable bonds is 1. The second-order valence-corrected chi connectivity index (χ2v) is 11.0. The zero-order valence-electron chi connectivity index (χ0n) is 17.2. The quantitative estimate of drug-likeness (QED) is 0.266. The Hall–Kier alpha value is -2.76. The number of thiophene rings is 2. The summed E-state index contributed by atoms with van der Waals surface area (Å²) in [6.45, 7) is 8.94. The third-order valence-corrected chi connectivity index (χ3v) is 7.71. The molecule has 0 spiro atoms. The van der Waals surface area contributed by atoms with E-state index in [-0.39, 0.29) is 5.41 Å². The van der Waals surface area contributed by atoms with E-state index in [1.807, 2.05) is 0 Å². The predicted octanol–water partition coefficient (Wildman–Crippen LogP) is 8.08. The van der Waals surface area contributed by atoms with Crippen molar-refractivity contribution < 1.29 is 4.42 Å². The molecule has 3 nitrogen and oxygen atoms in total. The molecule has 2 aromatic carbocycles. The van der Waals surface area contributed by atoms with Gasteiger partial charge in [0.2, 0.25) is 5.71 Å². The van der Waals surface area contributed by atoms with Crippen LogP contribution in [0.15, 0.2) is 52.5 Å². The smallest absolute Gasteiger partial charge is 0.231 e. The lowest BCUT2D eigenvalue weighted by atomic mass is 9.85. The molecule has 0 saturated carbocycles. The van der Waals surface area contributed by atoms with Crippen molar-refractivity contribution in [2.45, 2.75) is 33.1 Å². The van der Waals surface area contributed by atoms with E-state index in [1.165, 1.54) is 30.6 Å². The van der Waals surface area contributed by atoms with Crippen molar-refractivity contribution in [3.05, 3.63) is 58.5 Å².